The second-order valence-corrected chi connectivity index (χ2v) is 18.3. The zero-order valence-electron chi connectivity index (χ0n) is 37.9. The van der Waals surface area contributed by atoms with Gasteiger partial charge < -0.3 is 9.13 Å². The normalized spacial score (nSPS) is 12.2. The van der Waals surface area contributed by atoms with E-state index in [1.165, 1.54) is 43.1 Å². The zero-order valence-corrected chi connectivity index (χ0v) is 37.9. The van der Waals surface area contributed by atoms with Crippen LogP contribution < -0.4 is 0 Å². The molecule has 16 rings (SSSR count). The maximum atomic E-state index is 4.92. The third-order valence-electron chi connectivity index (χ3n) is 14.7. The van der Waals surface area contributed by atoms with E-state index < -0.39 is 0 Å². The molecule has 16 aromatic rings. The molecule has 0 N–H and O–H groups in total. The molecule has 8 aromatic carbocycles. The molecule has 330 valence electrons. The topological polar surface area (TPSA) is 76.2 Å². The van der Waals surface area contributed by atoms with Crippen molar-refractivity contribution in [3.63, 3.8) is 0 Å². The average molecular weight is 908 g/mol. The minimum absolute atomic E-state index is 0.608. The maximum absolute atomic E-state index is 4.92. The van der Waals surface area contributed by atoms with Crippen LogP contribution in [0, 0.1) is 0 Å². The van der Waals surface area contributed by atoms with Crippen LogP contribution >= 0.6 is 0 Å². The molecule has 0 saturated carbocycles. The number of hydrogen-bond donors (Lipinski definition) is 0. The summed E-state index contributed by atoms with van der Waals surface area (Å²) in [6.07, 6.45) is 7.38. The Morgan fingerprint density at radius 2 is 0.549 bits per heavy atom. The third-order valence-corrected chi connectivity index (χ3v) is 14.7. The second kappa shape index (κ2) is 14.3. The van der Waals surface area contributed by atoms with Crippen LogP contribution in [0.3, 0.4) is 0 Å². The predicted octanol–water partition coefficient (Wildman–Crippen LogP) is 14.8. The van der Waals surface area contributed by atoms with Crippen LogP contribution in [0.1, 0.15) is 0 Å². The number of para-hydroxylation sites is 4. The third kappa shape index (κ3) is 5.28. The van der Waals surface area contributed by atoms with Crippen LogP contribution in [-0.2, 0) is 0 Å². The van der Waals surface area contributed by atoms with E-state index in [0.29, 0.717) is 5.95 Å². The Bertz CT molecular complexity index is 4860. The molecular weight excluding hydrogens is 871 g/mol. The molecule has 9 nitrogen and oxygen atoms in total. The lowest BCUT2D eigenvalue weighted by atomic mass is 10.1. The summed E-state index contributed by atoms with van der Waals surface area (Å²) in [6, 6.07) is 71.9. The van der Waals surface area contributed by atoms with E-state index in [1.54, 1.807) is 0 Å². The Labute approximate surface area is 404 Å². The first-order valence-corrected chi connectivity index (χ1v) is 23.9. The van der Waals surface area contributed by atoms with Gasteiger partial charge in [0.1, 0.15) is 11.6 Å². The fourth-order valence-corrected chi connectivity index (χ4v) is 11.8. The summed E-state index contributed by atoms with van der Waals surface area (Å²) in [6.45, 7) is 0. The van der Waals surface area contributed by atoms with Crippen molar-refractivity contribution in [3.8, 4) is 29.0 Å². The molecule has 0 aliphatic rings. The highest BCUT2D eigenvalue weighted by Gasteiger charge is 2.23. The van der Waals surface area contributed by atoms with E-state index in [9.17, 15) is 0 Å². The molecule has 0 unspecified atom stereocenters. The Hall–Kier alpha value is -9.86. The largest absolute Gasteiger partial charge is 0.309 e. The Balaban J connectivity index is 0.972. The van der Waals surface area contributed by atoms with Crippen molar-refractivity contribution in [2.45, 2.75) is 0 Å². The molecule has 0 amide bonds. The quantitative estimate of drug-likeness (QED) is 0.172. The van der Waals surface area contributed by atoms with Crippen molar-refractivity contribution >= 4 is 109 Å². The Kier molecular flexibility index (Phi) is 7.70. The number of hydrogen-bond acceptors (Lipinski definition) is 4. The van der Waals surface area contributed by atoms with Crippen LogP contribution in [0.15, 0.2) is 225 Å². The van der Waals surface area contributed by atoms with Gasteiger partial charge in [-0.1, -0.05) is 97.1 Å². The second-order valence-electron chi connectivity index (χ2n) is 18.3. The van der Waals surface area contributed by atoms with E-state index in [2.05, 4.69) is 205 Å². The first-order chi connectivity index (χ1) is 35.2. The summed E-state index contributed by atoms with van der Waals surface area (Å²) in [5.41, 5.74) is 13.1. The van der Waals surface area contributed by atoms with Crippen molar-refractivity contribution in [2.24, 2.45) is 0 Å². The molecule has 0 aliphatic carbocycles. The zero-order chi connectivity index (χ0) is 46.3. The fraction of sp³-hybridized carbons (Fsp3) is 0. The van der Waals surface area contributed by atoms with Gasteiger partial charge in [0.25, 0.3) is 0 Å². The van der Waals surface area contributed by atoms with Crippen LogP contribution in [0.25, 0.3) is 138 Å². The van der Waals surface area contributed by atoms with Crippen molar-refractivity contribution in [1.82, 2.24) is 42.8 Å². The molecule has 71 heavy (non-hydrogen) atoms. The molecule has 0 aliphatic heterocycles. The van der Waals surface area contributed by atoms with E-state index in [0.717, 1.165) is 88.9 Å². The predicted molar refractivity (Wildman–Crippen MR) is 289 cm³/mol. The number of pyridine rings is 2. The number of benzene rings is 8. The van der Waals surface area contributed by atoms with Gasteiger partial charge in [-0.2, -0.15) is 0 Å². The summed E-state index contributed by atoms with van der Waals surface area (Å²) in [5.74, 6) is 2.38. The number of fused-ring (bicyclic) bond motifs is 15. The minimum Gasteiger partial charge on any atom is -0.309 e. The summed E-state index contributed by atoms with van der Waals surface area (Å²) >= 11 is 0. The van der Waals surface area contributed by atoms with Crippen molar-refractivity contribution in [1.29, 1.82) is 0 Å². The minimum atomic E-state index is 0.608. The molecule has 0 bridgehead atoms. The Morgan fingerprint density at radius 1 is 0.211 bits per heavy atom. The summed E-state index contributed by atoms with van der Waals surface area (Å²) in [4.78, 5) is 19.5. The van der Waals surface area contributed by atoms with Crippen molar-refractivity contribution in [3.05, 3.63) is 225 Å². The van der Waals surface area contributed by atoms with Gasteiger partial charge in [0.05, 0.1) is 55.2 Å². The average Bonchev–Trinajstić information content (AvgIpc) is 4.21. The van der Waals surface area contributed by atoms with Crippen molar-refractivity contribution < 1.29 is 0 Å². The van der Waals surface area contributed by atoms with Gasteiger partial charge in [-0.05, 0) is 103 Å². The Morgan fingerprint density at radius 3 is 1.01 bits per heavy atom. The van der Waals surface area contributed by atoms with Crippen LogP contribution in [-0.4, -0.2) is 42.8 Å². The summed E-state index contributed by atoms with van der Waals surface area (Å²) in [5, 5.41) is 11.7. The van der Waals surface area contributed by atoms with E-state index in [1.807, 2.05) is 43.0 Å². The molecule has 0 radical (unpaired) electrons. The smallest absolute Gasteiger partial charge is 0.234 e. The van der Waals surface area contributed by atoms with Gasteiger partial charge >= 0.3 is 0 Å². The van der Waals surface area contributed by atoms with Crippen molar-refractivity contribution in [2.75, 3.05) is 0 Å². The van der Waals surface area contributed by atoms with E-state index in [-0.39, 0.29) is 0 Å². The highest BCUT2D eigenvalue weighted by Crippen LogP contribution is 2.43. The van der Waals surface area contributed by atoms with E-state index in [4.69, 9.17) is 19.9 Å². The molecule has 8 heterocycles. The molecule has 9 heteroatoms. The standard InChI is InChI=1S/C62H37N9/c1-7-20-52-40(14-1)44-26-24-38(32-54(44)69(52)60-22-9-11-28-63-60)67-50-18-5-3-16-42(50)47-35-49-45-27-25-39(33-55(45)71(59(49)37-57(47)67)62-65-30-13-31-66-62)68-51-19-6-2-15-41(51)46-34-48-43-17-4-8-21-53(43)70(58(48)36-56(46)68)61-23-10-12-29-64-61/h1-37H. The highest BCUT2D eigenvalue weighted by molar-refractivity contribution is 6.21. The lowest BCUT2D eigenvalue weighted by molar-refractivity contribution is 0.987. The SMILES string of the molecule is c1ccc(-n2c3ccccc3c3ccc(-n4c5ccccc5c5cc6c7ccc(-n8c9ccccc9c9cc%10c%11ccccc%11n(-c%11ccccn%11)c%10cc98)cc7n(-c7ncccn7)c6cc54)cc32)nc1. The van der Waals surface area contributed by atoms with Gasteiger partial charge in [-0.25, -0.2) is 19.9 Å². The van der Waals surface area contributed by atoms with Gasteiger partial charge in [0.2, 0.25) is 5.95 Å². The lowest BCUT2D eigenvalue weighted by Gasteiger charge is -2.11. The molecule has 0 spiro atoms. The first kappa shape index (κ1) is 38.1. The molecular formula is C62H37N9. The molecule has 0 fully saturated rings. The van der Waals surface area contributed by atoms with E-state index >= 15 is 0 Å². The fourth-order valence-electron chi connectivity index (χ4n) is 11.8. The molecule has 8 aromatic heterocycles. The monoisotopic (exact) mass is 907 g/mol. The molecule has 0 saturated heterocycles. The maximum Gasteiger partial charge on any atom is 0.234 e. The number of aromatic nitrogens is 9. The van der Waals surface area contributed by atoms with Gasteiger partial charge in [-0.3, -0.25) is 13.7 Å². The number of nitrogens with zero attached hydrogens (tertiary/aromatic N) is 9. The van der Waals surface area contributed by atoms with Gasteiger partial charge in [0, 0.05) is 90.0 Å². The summed E-state index contributed by atoms with van der Waals surface area (Å²) < 4.78 is 11.6. The molecule has 0 atom stereocenters. The van der Waals surface area contributed by atoms with Crippen LogP contribution in [0.2, 0.25) is 0 Å². The van der Waals surface area contributed by atoms with Crippen LogP contribution in [0.4, 0.5) is 0 Å². The number of rotatable bonds is 5. The highest BCUT2D eigenvalue weighted by atomic mass is 15.2. The van der Waals surface area contributed by atoms with Crippen LogP contribution in [0.5, 0.6) is 0 Å². The summed E-state index contributed by atoms with van der Waals surface area (Å²) in [7, 11) is 0. The lowest BCUT2D eigenvalue weighted by Crippen LogP contribution is -2.01. The first-order valence-electron chi connectivity index (χ1n) is 23.9. The van der Waals surface area contributed by atoms with Gasteiger partial charge in [0.15, 0.2) is 0 Å². The van der Waals surface area contributed by atoms with Gasteiger partial charge in [-0.15, -0.1) is 0 Å².